The molecule has 3 rings (SSSR count). The molecular weight excluding hydrogens is 311 g/mol. The topological polar surface area (TPSA) is 47.4 Å². The number of halogens is 3. The van der Waals surface area contributed by atoms with Gasteiger partial charge in [0.15, 0.2) is 0 Å². The van der Waals surface area contributed by atoms with Gasteiger partial charge in [-0.3, -0.25) is 9.48 Å². The minimum atomic E-state index is -4.24. The number of amides is 1. The Morgan fingerprint density at radius 2 is 2.00 bits per heavy atom. The van der Waals surface area contributed by atoms with E-state index in [1.54, 1.807) is 4.68 Å². The summed E-state index contributed by atoms with van der Waals surface area (Å²) in [6.45, 7) is 5.60. The zero-order valence-electron chi connectivity index (χ0n) is 13.4. The fourth-order valence-electron chi connectivity index (χ4n) is 3.26. The lowest BCUT2D eigenvalue weighted by molar-refractivity contribution is -0.202. The van der Waals surface area contributed by atoms with Gasteiger partial charge in [-0.05, 0) is 20.8 Å². The van der Waals surface area contributed by atoms with E-state index >= 15 is 0 Å². The van der Waals surface area contributed by atoms with Crippen molar-refractivity contribution in [3.63, 3.8) is 0 Å². The van der Waals surface area contributed by atoms with E-state index in [-0.39, 0.29) is 31.2 Å². The maximum atomic E-state index is 12.7. The first-order chi connectivity index (χ1) is 10.7. The Kier molecular flexibility index (Phi) is 3.90. The third-order valence-electron chi connectivity index (χ3n) is 4.53. The van der Waals surface area contributed by atoms with Gasteiger partial charge >= 0.3 is 6.18 Å². The first-order valence-electron chi connectivity index (χ1n) is 7.83. The molecule has 0 bridgehead atoms. The third-order valence-corrected chi connectivity index (χ3v) is 4.53. The molecule has 1 aromatic rings. The zero-order chi connectivity index (χ0) is 16.9. The summed E-state index contributed by atoms with van der Waals surface area (Å²) in [4.78, 5) is 13.9. The van der Waals surface area contributed by atoms with Gasteiger partial charge in [0.05, 0.1) is 23.8 Å². The predicted molar refractivity (Wildman–Crippen MR) is 76.0 cm³/mol. The molecule has 0 radical (unpaired) electrons. The number of carbonyl (C=O) groups is 1. The van der Waals surface area contributed by atoms with Gasteiger partial charge in [0.1, 0.15) is 5.69 Å². The van der Waals surface area contributed by atoms with Crippen molar-refractivity contribution in [2.45, 2.75) is 52.1 Å². The molecule has 2 atom stereocenters. The van der Waals surface area contributed by atoms with Crippen LogP contribution < -0.4 is 0 Å². The van der Waals surface area contributed by atoms with Gasteiger partial charge in [-0.1, -0.05) is 0 Å². The number of fused-ring (bicyclic) bond motifs is 1. The zero-order valence-corrected chi connectivity index (χ0v) is 13.4. The number of rotatable bonds is 2. The van der Waals surface area contributed by atoms with Crippen molar-refractivity contribution < 1.29 is 22.7 Å². The molecule has 1 fully saturated rings. The molecule has 3 heterocycles. The standard InChI is InChI=1S/C15H20F3N3O2/c1-4-21-13(11-5-8(2)23-9(3)12(11)19-21)14(22)20-6-10(7-20)15(16,17)18/h8-10H,4-7H2,1-3H3/t8-,9+/m0/s1. The van der Waals surface area contributed by atoms with Crippen molar-refractivity contribution in [3.8, 4) is 0 Å². The molecule has 8 heteroatoms. The normalized spacial score (nSPS) is 25.2. The monoisotopic (exact) mass is 331 g/mol. The van der Waals surface area contributed by atoms with E-state index in [1.165, 1.54) is 4.90 Å². The third kappa shape index (κ3) is 2.73. The number of carbonyl (C=O) groups excluding carboxylic acids is 1. The minimum Gasteiger partial charge on any atom is -0.369 e. The maximum Gasteiger partial charge on any atom is 0.395 e. The van der Waals surface area contributed by atoms with E-state index in [1.807, 2.05) is 20.8 Å². The SMILES string of the molecule is CCn1nc2c(c1C(=O)N1CC(C(F)(F)F)C1)C[C@H](C)O[C@@H]2C. The Morgan fingerprint density at radius 3 is 2.57 bits per heavy atom. The van der Waals surface area contributed by atoms with Crippen molar-refractivity contribution in [3.05, 3.63) is 17.0 Å². The molecule has 1 aromatic heterocycles. The van der Waals surface area contributed by atoms with Crippen molar-refractivity contribution >= 4 is 5.91 Å². The molecule has 1 amide bonds. The average molecular weight is 331 g/mol. The summed E-state index contributed by atoms with van der Waals surface area (Å²) in [7, 11) is 0. The van der Waals surface area contributed by atoms with E-state index < -0.39 is 12.1 Å². The lowest BCUT2D eigenvalue weighted by Gasteiger charge is -2.40. The molecular formula is C15H20F3N3O2. The summed E-state index contributed by atoms with van der Waals surface area (Å²) in [6.07, 6.45) is -3.94. The Balaban J connectivity index is 1.87. The number of aryl methyl sites for hydroxylation is 1. The number of hydrogen-bond acceptors (Lipinski definition) is 3. The van der Waals surface area contributed by atoms with Crippen molar-refractivity contribution in [2.75, 3.05) is 13.1 Å². The summed E-state index contributed by atoms with van der Waals surface area (Å²) in [6, 6.07) is 0. The first kappa shape index (κ1) is 16.3. The number of alkyl halides is 3. The van der Waals surface area contributed by atoms with Gasteiger partial charge in [-0.2, -0.15) is 18.3 Å². The number of aromatic nitrogens is 2. The van der Waals surface area contributed by atoms with Gasteiger partial charge in [-0.25, -0.2) is 0 Å². The highest BCUT2D eigenvalue weighted by molar-refractivity contribution is 5.95. The van der Waals surface area contributed by atoms with Gasteiger partial charge in [0.2, 0.25) is 0 Å². The van der Waals surface area contributed by atoms with Crippen LogP contribution in [0.4, 0.5) is 13.2 Å². The molecule has 0 aromatic carbocycles. The molecule has 0 unspecified atom stereocenters. The second-order valence-electron chi connectivity index (χ2n) is 6.27. The average Bonchev–Trinajstić information content (AvgIpc) is 2.73. The molecule has 0 N–H and O–H groups in total. The summed E-state index contributed by atoms with van der Waals surface area (Å²) in [5, 5.41) is 4.44. The maximum absolute atomic E-state index is 12.7. The van der Waals surface area contributed by atoms with Crippen LogP contribution in [0.5, 0.6) is 0 Å². The molecule has 2 aliphatic heterocycles. The summed E-state index contributed by atoms with van der Waals surface area (Å²) >= 11 is 0. The summed E-state index contributed by atoms with van der Waals surface area (Å²) in [5.41, 5.74) is 1.96. The van der Waals surface area contributed by atoms with Gasteiger partial charge in [0, 0.05) is 31.6 Å². The highest BCUT2D eigenvalue weighted by Crippen LogP contribution is 2.36. The van der Waals surface area contributed by atoms with Crippen LogP contribution in [0.25, 0.3) is 0 Å². The van der Waals surface area contributed by atoms with Crippen LogP contribution in [-0.4, -0.2) is 46.0 Å². The van der Waals surface area contributed by atoms with Crippen LogP contribution in [0, 0.1) is 5.92 Å². The number of hydrogen-bond donors (Lipinski definition) is 0. The molecule has 0 spiro atoms. The van der Waals surface area contributed by atoms with Crippen molar-refractivity contribution in [2.24, 2.45) is 5.92 Å². The summed E-state index contributed by atoms with van der Waals surface area (Å²) in [5.74, 6) is -1.77. The molecule has 5 nitrogen and oxygen atoms in total. The Morgan fingerprint density at radius 1 is 1.35 bits per heavy atom. The van der Waals surface area contributed by atoms with Gasteiger partial charge in [-0.15, -0.1) is 0 Å². The Labute approximate surface area is 132 Å². The van der Waals surface area contributed by atoms with E-state index in [0.29, 0.717) is 18.7 Å². The van der Waals surface area contributed by atoms with Gasteiger partial charge in [0.25, 0.3) is 5.91 Å². The number of nitrogens with zero attached hydrogens (tertiary/aromatic N) is 3. The fraction of sp³-hybridized carbons (Fsp3) is 0.733. The highest BCUT2D eigenvalue weighted by Gasteiger charge is 2.49. The fourth-order valence-corrected chi connectivity index (χ4v) is 3.26. The van der Waals surface area contributed by atoms with Crippen LogP contribution in [0.3, 0.4) is 0 Å². The van der Waals surface area contributed by atoms with Gasteiger partial charge < -0.3 is 9.64 Å². The van der Waals surface area contributed by atoms with E-state index in [9.17, 15) is 18.0 Å². The second-order valence-corrected chi connectivity index (χ2v) is 6.27. The predicted octanol–water partition coefficient (Wildman–Crippen LogP) is 2.56. The largest absolute Gasteiger partial charge is 0.395 e. The lowest BCUT2D eigenvalue weighted by Crippen LogP contribution is -2.56. The number of likely N-dealkylation sites (tertiary alicyclic amines) is 1. The first-order valence-corrected chi connectivity index (χ1v) is 7.83. The van der Waals surface area contributed by atoms with Crippen molar-refractivity contribution in [1.29, 1.82) is 0 Å². The quantitative estimate of drug-likeness (QED) is 0.837. The van der Waals surface area contributed by atoms with Crippen LogP contribution in [0.1, 0.15) is 48.6 Å². The molecule has 1 saturated heterocycles. The van der Waals surface area contributed by atoms with E-state index in [2.05, 4.69) is 5.10 Å². The highest BCUT2D eigenvalue weighted by atomic mass is 19.4. The van der Waals surface area contributed by atoms with Crippen LogP contribution in [0.15, 0.2) is 0 Å². The smallest absolute Gasteiger partial charge is 0.369 e. The molecule has 0 aliphatic carbocycles. The Hall–Kier alpha value is -1.57. The summed E-state index contributed by atoms with van der Waals surface area (Å²) < 4.78 is 45.2. The minimum absolute atomic E-state index is 0.0436. The van der Waals surface area contributed by atoms with Crippen LogP contribution in [0.2, 0.25) is 0 Å². The second kappa shape index (κ2) is 5.51. The number of ether oxygens (including phenoxy) is 1. The van der Waals surface area contributed by atoms with E-state index in [4.69, 9.17) is 4.74 Å². The lowest BCUT2D eigenvalue weighted by atomic mass is 9.96. The molecule has 2 aliphatic rings. The molecule has 0 saturated carbocycles. The molecule has 23 heavy (non-hydrogen) atoms. The van der Waals surface area contributed by atoms with E-state index in [0.717, 1.165) is 11.3 Å². The van der Waals surface area contributed by atoms with Crippen LogP contribution >= 0.6 is 0 Å². The Bertz CT molecular complexity index is 620. The van der Waals surface area contributed by atoms with Crippen LogP contribution in [-0.2, 0) is 17.7 Å². The molecule has 128 valence electrons. The van der Waals surface area contributed by atoms with Crippen molar-refractivity contribution in [1.82, 2.24) is 14.7 Å².